The monoisotopic (exact) mass is 278 g/mol. The molecule has 5 nitrogen and oxygen atoms in total. The van der Waals surface area contributed by atoms with E-state index in [1.807, 2.05) is 60.7 Å². The number of nitrogens with zero attached hydrogens (tertiary/aromatic N) is 3. The zero-order chi connectivity index (χ0) is 14.5. The number of aromatic nitrogens is 2. The molecule has 3 aromatic rings. The van der Waals surface area contributed by atoms with Crippen molar-refractivity contribution in [2.24, 2.45) is 5.10 Å². The van der Waals surface area contributed by atoms with Crippen LogP contribution in [0.1, 0.15) is 17.3 Å². The van der Waals surface area contributed by atoms with Gasteiger partial charge in [0.2, 0.25) is 11.7 Å². The highest BCUT2D eigenvalue weighted by molar-refractivity contribution is 6.10. The number of anilines is 1. The molecule has 0 unspecified atom stereocenters. The van der Waals surface area contributed by atoms with Crippen LogP contribution < -0.4 is 5.43 Å². The number of nitrogens with one attached hydrogen (secondary N) is 1. The Morgan fingerprint density at radius 3 is 2.29 bits per heavy atom. The van der Waals surface area contributed by atoms with Gasteiger partial charge in [-0.2, -0.15) is 10.1 Å². The van der Waals surface area contributed by atoms with Gasteiger partial charge < -0.3 is 4.52 Å². The Morgan fingerprint density at radius 2 is 1.67 bits per heavy atom. The summed E-state index contributed by atoms with van der Waals surface area (Å²) in [6.45, 7) is 1.75. The summed E-state index contributed by atoms with van der Waals surface area (Å²) in [6, 6.07) is 19.5. The van der Waals surface area contributed by atoms with Crippen LogP contribution in [-0.2, 0) is 0 Å². The highest BCUT2D eigenvalue weighted by Gasteiger charge is 2.13. The summed E-state index contributed by atoms with van der Waals surface area (Å²) in [5, 5.41) is 8.38. The molecule has 21 heavy (non-hydrogen) atoms. The molecule has 0 spiro atoms. The third kappa shape index (κ3) is 3.14. The second-order valence-corrected chi connectivity index (χ2v) is 4.44. The van der Waals surface area contributed by atoms with Crippen molar-refractivity contribution in [2.45, 2.75) is 6.92 Å². The summed E-state index contributed by atoms with van der Waals surface area (Å²) >= 11 is 0. The molecular formula is C16H14N4O. The lowest BCUT2D eigenvalue weighted by molar-refractivity contribution is 0.392. The average Bonchev–Trinajstić information content (AvgIpc) is 2.96. The van der Waals surface area contributed by atoms with Crippen LogP contribution in [0.5, 0.6) is 0 Å². The van der Waals surface area contributed by atoms with Crippen molar-refractivity contribution >= 4 is 11.4 Å². The predicted molar refractivity (Wildman–Crippen MR) is 81.2 cm³/mol. The molecule has 1 N–H and O–H groups in total. The zero-order valence-corrected chi connectivity index (χ0v) is 11.5. The van der Waals surface area contributed by atoms with Crippen LogP contribution >= 0.6 is 0 Å². The Kier molecular flexibility index (Phi) is 3.73. The van der Waals surface area contributed by atoms with Crippen LogP contribution in [0.15, 0.2) is 70.3 Å². The van der Waals surface area contributed by atoms with Gasteiger partial charge in [-0.15, -0.1) is 0 Å². The van der Waals surface area contributed by atoms with Gasteiger partial charge in [0.1, 0.15) is 5.71 Å². The number of rotatable bonds is 4. The highest BCUT2D eigenvalue weighted by atomic mass is 16.5. The van der Waals surface area contributed by atoms with Crippen LogP contribution in [0, 0.1) is 6.92 Å². The lowest BCUT2D eigenvalue weighted by Gasteiger charge is -2.04. The molecule has 0 aliphatic carbocycles. The molecule has 0 aliphatic heterocycles. The minimum atomic E-state index is 0.460. The first kappa shape index (κ1) is 13.1. The van der Waals surface area contributed by atoms with Crippen molar-refractivity contribution in [2.75, 3.05) is 5.43 Å². The van der Waals surface area contributed by atoms with Gasteiger partial charge in [0.05, 0.1) is 5.69 Å². The molecule has 1 heterocycles. The lowest BCUT2D eigenvalue weighted by Crippen LogP contribution is -2.08. The number of aryl methyl sites for hydroxylation is 1. The number of hydrazone groups is 1. The zero-order valence-electron chi connectivity index (χ0n) is 11.5. The molecule has 0 fully saturated rings. The van der Waals surface area contributed by atoms with Gasteiger partial charge >= 0.3 is 0 Å². The Bertz CT molecular complexity index is 735. The number of benzene rings is 2. The molecule has 0 saturated heterocycles. The summed E-state index contributed by atoms with van der Waals surface area (Å²) in [5.41, 5.74) is 5.47. The van der Waals surface area contributed by atoms with Gasteiger partial charge in [0.15, 0.2) is 0 Å². The molecule has 1 aromatic heterocycles. The molecular weight excluding hydrogens is 264 g/mol. The molecule has 104 valence electrons. The fraction of sp³-hybridized carbons (Fsp3) is 0.0625. The number of hydrogen-bond acceptors (Lipinski definition) is 5. The van der Waals surface area contributed by atoms with Gasteiger partial charge in [-0.25, -0.2) is 0 Å². The summed E-state index contributed by atoms with van der Waals surface area (Å²) in [7, 11) is 0. The van der Waals surface area contributed by atoms with E-state index in [1.54, 1.807) is 6.92 Å². The first-order chi connectivity index (χ1) is 10.3. The SMILES string of the molecule is Cc1nc(/C(=N\Nc2ccccc2)c2ccccc2)no1. The van der Waals surface area contributed by atoms with Crippen molar-refractivity contribution in [3.63, 3.8) is 0 Å². The van der Waals surface area contributed by atoms with Crippen molar-refractivity contribution in [3.05, 3.63) is 77.9 Å². The molecule has 0 amide bonds. The topological polar surface area (TPSA) is 63.3 Å². The molecule has 0 radical (unpaired) electrons. The predicted octanol–water partition coefficient (Wildman–Crippen LogP) is 3.24. The summed E-state index contributed by atoms with van der Waals surface area (Å²) in [6.07, 6.45) is 0. The third-order valence-electron chi connectivity index (χ3n) is 2.86. The maximum absolute atomic E-state index is 5.05. The number of para-hydroxylation sites is 1. The molecule has 3 rings (SSSR count). The Hall–Kier alpha value is -2.95. The molecule has 0 aliphatic rings. The van der Waals surface area contributed by atoms with Gasteiger partial charge in [-0.3, -0.25) is 5.43 Å². The minimum Gasteiger partial charge on any atom is -0.339 e. The van der Waals surface area contributed by atoms with E-state index in [2.05, 4.69) is 20.7 Å². The van der Waals surface area contributed by atoms with E-state index in [9.17, 15) is 0 Å². The van der Waals surface area contributed by atoms with Crippen LogP contribution in [0.25, 0.3) is 0 Å². The van der Waals surface area contributed by atoms with Crippen LogP contribution in [-0.4, -0.2) is 15.9 Å². The van der Waals surface area contributed by atoms with E-state index in [0.717, 1.165) is 11.3 Å². The molecule has 0 atom stereocenters. The normalized spacial score (nSPS) is 11.4. The van der Waals surface area contributed by atoms with Crippen molar-refractivity contribution in [1.82, 2.24) is 10.1 Å². The summed E-state index contributed by atoms with van der Waals surface area (Å²) in [4.78, 5) is 4.25. The van der Waals surface area contributed by atoms with Crippen LogP contribution in [0.3, 0.4) is 0 Å². The lowest BCUT2D eigenvalue weighted by atomic mass is 10.1. The Labute approximate surface area is 122 Å². The second-order valence-electron chi connectivity index (χ2n) is 4.44. The van der Waals surface area contributed by atoms with E-state index in [4.69, 9.17) is 4.52 Å². The first-order valence-corrected chi connectivity index (χ1v) is 6.58. The van der Waals surface area contributed by atoms with E-state index >= 15 is 0 Å². The van der Waals surface area contributed by atoms with Crippen molar-refractivity contribution in [3.8, 4) is 0 Å². The summed E-state index contributed by atoms with van der Waals surface area (Å²) in [5.74, 6) is 0.968. The average molecular weight is 278 g/mol. The highest BCUT2D eigenvalue weighted by Crippen LogP contribution is 2.11. The van der Waals surface area contributed by atoms with Crippen molar-refractivity contribution < 1.29 is 4.52 Å². The number of hydrogen-bond donors (Lipinski definition) is 1. The largest absolute Gasteiger partial charge is 0.339 e. The quantitative estimate of drug-likeness (QED) is 0.588. The van der Waals surface area contributed by atoms with E-state index in [-0.39, 0.29) is 0 Å². The molecule has 0 bridgehead atoms. The fourth-order valence-corrected chi connectivity index (χ4v) is 1.87. The van der Waals surface area contributed by atoms with E-state index < -0.39 is 0 Å². The summed E-state index contributed by atoms with van der Waals surface area (Å²) < 4.78 is 5.05. The van der Waals surface area contributed by atoms with Crippen LogP contribution in [0.4, 0.5) is 5.69 Å². The third-order valence-corrected chi connectivity index (χ3v) is 2.86. The van der Waals surface area contributed by atoms with Crippen molar-refractivity contribution in [1.29, 1.82) is 0 Å². The Morgan fingerprint density at radius 1 is 1.00 bits per heavy atom. The van der Waals surface area contributed by atoms with Gasteiger partial charge in [-0.1, -0.05) is 53.7 Å². The smallest absolute Gasteiger partial charge is 0.223 e. The fourth-order valence-electron chi connectivity index (χ4n) is 1.87. The second kappa shape index (κ2) is 6.00. The standard InChI is InChI=1S/C16H14N4O/c1-12-17-16(20-21-12)15(13-8-4-2-5-9-13)19-18-14-10-6-3-7-11-14/h2-11,18H,1H3/b19-15-. The van der Waals surface area contributed by atoms with Crippen LogP contribution in [0.2, 0.25) is 0 Å². The maximum Gasteiger partial charge on any atom is 0.223 e. The van der Waals surface area contributed by atoms with Gasteiger partial charge in [-0.05, 0) is 12.1 Å². The maximum atomic E-state index is 5.05. The van der Waals surface area contributed by atoms with E-state index in [0.29, 0.717) is 17.4 Å². The van der Waals surface area contributed by atoms with Gasteiger partial charge in [0.25, 0.3) is 0 Å². The first-order valence-electron chi connectivity index (χ1n) is 6.58. The van der Waals surface area contributed by atoms with E-state index in [1.165, 1.54) is 0 Å². The van der Waals surface area contributed by atoms with Gasteiger partial charge in [0, 0.05) is 12.5 Å². The molecule has 2 aromatic carbocycles. The molecule has 5 heteroatoms. The molecule has 0 saturated carbocycles. The minimum absolute atomic E-state index is 0.460. The Balaban J connectivity index is 1.96.